The summed E-state index contributed by atoms with van der Waals surface area (Å²) in [5.74, 6) is 1.58. The van der Waals surface area contributed by atoms with E-state index >= 15 is 0 Å². The lowest BCUT2D eigenvalue weighted by Crippen LogP contribution is -2.49. The number of nitrogens with two attached hydrogens (primary N) is 1. The standard InChI is InChI=1S/C7H14N2O4/c1-2-3-4(6(10)11)5(9-8)7(12)13/h4-5,9H,2-3,8H2,1H3,(H,10,11)(H,12,13)/t4-,5+/m1/s1. The molecule has 0 rings (SSSR count). The Balaban J connectivity index is 4.48. The van der Waals surface area contributed by atoms with Gasteiger partial charge in [0.05, 0.1) is 5.92 Å². The minimum atomic E-state index is -1.25. The predicted octanol–water partition coefficient (Wildman–Crippen LogP) is -0.596. The van der Waals surface area contributed by atoms with E-state index in [1.54, 1.807) is 6.92 Å². The van der Waals surface area contributed by atoms with Crippen molar-refractivity contribution in [1.29, 1.82) is 0 Å². The smallest absolute Gasteiger partial charge is 0.322 e. The highest BCUT2D eigenvalue weighted by Gasteiger charge is 2.31. The second-order valence-electron chi connectivity index (χ2n) is 2.72. The molecule has 0 aromatic carbocycles. The number of hydrazine groups is 1. The van der Waals surface area contributed by atoms with Crippen LogP contribution in [0.5, 0.6) is 0 Å². The van der Waals surface area contributed by atoms with E-state index in [4.69, 9.17) is 16.1 Å². The number of carbonyl (C=O) groups is 2. The molecule has 0 bridgehead atoms. The lowest BCUT2D eigenvalue weighted by atomic mass is 9.95. The molecule has 13 heavy (non-hydrogen) atoms. The molecule has 6 nitrogen and oxygen atoms in total. The maximum absolute atomic E-state index is 10.6. The molecule has 0 aliphatic carbocycles. The number of aliphatic carboxylic acids is 2. The number of carboxylic acid groups (broad SMARTS) is 2. The lowest BCUT2D eigenvalue weighted by Gasteiger charge is -2.18. The zero-order valence-electron chi connectivity index (χ0n) is 7.36. The minimum absolute atomic E-state index is 0.288. The van der Waals surface area contributed by atoms with Crippen molar-refractivity contribution in [3.05, 3.63) is 0 Å². The van der Waals surface area contributed by atoms with Crippen LogP contribution in [0.15, 0.2) is 0 Å². The van der Waals surface area contributed by atoms with Crippen LogP contribution in [0.4, 0.5) is 0 Å². The summed E-state index contributed by atoms with van der Waals surface area (Å²) in [6.45, 7) is 1.78. The van der Waals surface area contributed by atoms with Gasteiger partial charge in [-0.15, -0.1) is 0 Å². The number of nitrogens with one attached hydrogen (secondary N) is 1. The molecule has 5 N–H and O–H groups in total. The molecule has 0 aromatic heterocycles. The van der Waals surface area contributed by atoms with E-state index in [9.17, 15) is 9.59 Å². The highest BCUT2D eigenvalue weighted by atomic mass is 16.4. The SMILES string of the molecule is CCC[C@@H](C(=O)O)[C@H](NN)C(=O)O. The van der Waals surface area contributed by atoms with Crippen LogP contribution < -0.4 is 11.3 Å². The number of hydrogen-bond acceptors (Lipinski definition) is 4. The van der Waals surface area contributed by atoms with Gasteiger partial charge in [-0.2, -0.15) is 0 Å². The average Bonchev–Trinajstić information content (AvgIpc) is 2.03. The van der Waals surface area contributed by atoms with Crippen LogP contribution in [0, 0.1) is 5.92 Å². The maximum Gasteiger partial charge on any atom is 0.322 e. The van der Waals surface area contributed by atoms with Crippen molar-refractivity contribution in [2.24, 2.45) is 11.8 Å². The van der Waals surface area contributed by atoms with Gasteiger partial charge in [0.1, 0.15) is 6.04 Å². The van der Waals surface area contributed by atoms with Gasteiger partial charge in [-0.3, -0.25) is 15.4 Å². The van der Waals surface area contributed by atoms with Gasteiger partial charge in [0.25, 0.3) is 0 Å². The Bertz CT molecular complexity index is 195. The van der Waals surface area contributed by atoms with Crippen molar-refractivity contribution < 1.29 is 19.8 Å². The summed E-state index contributed by atoms with van der Waals surface area (Å²) in [6, 6.07) is -1.22. The Hall–Kier alpha value is -1.14. The fourth-order valence-electron chi connectivity index (χ4n) is 1.10. The summed E-state index contributed by atoms with van der Waals surface area (Å²) in [5.41, 5.74) is 1.99. The van der Waals surface area contributed by atoms with Gasteiger partial charge in [0, 0.05) is 0 Å². The number of rotatable bonds is 6. The van der Waals surface area contributed by atoms with Crippen molar-refractivity contribution in [1.82, 2.24) is 5.43 Å². The molecule has 6 heteroatoms. The van der Waals surface area contributed by atoms with Crippen LogP contribution in [0.1, 0.15) is 19.8 Å². The third-order valence-electron chi connectivity index (χ3n) is 1.76. The minimum Gasteiger partial charge on any atom is -0.481 e. The van der Waals surface area contributed by atoms with Crippen molar-refractivity contribution >= 4 is 11.9 Å². The molecule has 0 aliphatic heterocycles. The van der Waals surface area contributed by atoms with Gasteiger partial charge in [-0.25, -0.2) is 5.43 Å². The van der Waals surface area contributed by atoms with E-state index < -0.39 is 23.9 Å². The lowest BCUT2D eigenvalue weighted by molar-refractivity contribution is -0.151. The van der Waals surface area contributed by atoms with Gasteiger partial charge in [0.2, 0.25) is 0 Å². The molecule has 0 spiro atoms. The molecule has 0 unspecified atom stereocenters. The van der Waals surface area contributed by atoms with E-state index in [0.717, 1.165) is 0 Å². The van der Waals surface area contributed by atoms with E-state index in [1.165, 1.54) is 0 Å². The summed E-state index contributed by atoms with van der Waals surface area (Å²) in [7, 11) is 0. The fraction of sp³-hybridized carbons (Fsp3) is 0.714. The van der Waals surface area contributed by atoms with Gasteiger partial charge < -0.3 is 10.2 Å². The molecule has 0 saturated carbocycles. The molecule has 76 valence electrons. The van der Waals surface area contributed by atoms with Crippen molar-refractivity contribution in [3.8, 4) is 0 Å². The first-order chi connectivity index (χ1) is 6.04. The molecule has 0 fully saturated rings. The quantitative estimate of drug-likeness (QED) is 0.329. The van der Waals surface area contributed by atoms with Crippen LogP contribution in [0.2, 0.25) is 0 Å². The van der Waals surface area contributed by atoms with E-state index in [1.807, 2.05) is 5.43 Å². The summed E-state index contributed by atoms with van der Waals surface area (Å²) >= 11 is 0. The molecular formula is C7H14N2O4. The van der Waals surface area contributed by atoms with Crippen LogP contribution in [0.25, 0.3) is 0 Å². The van der Waals surface area contributed by atoms with Crippen LogP contribution >= 0.6 is 0 Å². The largest absolute Gasteiger partial charge is 0.481 e. The molecule has 2 atom stereocenters. The zero-order chi connectivity index (χ0) is 10.4. The van der Waals surface area contributed by atoms with Crippen molar-refractivity contribution in [2.75, 3.05) is 0 Å². The second kappa shape index (κ2) is 5.50. The summed E-state index contributed by atoms with van der Waals surface area (Å²) in [5, 5.41) is 17.3. The van der Waals surface area contributed by atoms with Gasteiger partial charge in [-0.1, -0.05) is 13.3 Å². The molecule has 0 aromatic rings. The van der Waals surface area contributed by atoms with Crippen LogP contribution in [-0.4, -0.2) is 28.2 Å². The topological polar surface area (TPSA) is 113 Å². The Morgan fingerprint density at radius 2 is 1.92 bits per heavy atom. The van der Waals surface area contributed by atoms with Gasteiger partial charge in [-0.05, 0) is 6.42 Å². The first-order valence-corrected chi connectivity index (χ1v) is 3.96. The summed E-state index contributed by atoms with van der Waals surface area (Å²) < 4.78 is 0. The Morgan fingerprint density at radius 1 is 1.38 bits per heavy atom. The number of hydrogen-bond donors (Lipinski definition) is 4. The average molecular weight is 190 g/mol. The predicted molar refractivity (Wildman–Crippen MR) is 44.8 cm³/mol. The maximum atomic E-state index is 10.6. The molecule has 0 heterocycles. The normalized spacial score (nSPS) is 14.9. The molecule has 0 amide bonds. The third-order valence-corrected chi connectivity index (χ3v) is 1.76. The molecular weight excluding hydrogens is 176 g/mol. The Kier molecular flexibility index (Phi) is 5.01. The van der Waals surface area contributed by atoms with Crippen LogP contribution in [-0.2, 0) is 9.59 Å². The van der Waals surface area contributed by atoms with E-state index in [0.29, 0.717) is 6.42 Å². The van der Waals surface area contributed by atoms with E-state index in [2.05, 4.69) is 0 Å². The van der Waals surface area contributed by atoms with Gasteiger partial charge >= 0.3 is 11.9 Å². The Labute approximate surface area is 75.7 Å². The first-order valence-electron chi connectivity index (χ1n) is 3.96. The summed E-state index contributed by atoms with van der Waals surface area (Å²) in [6.07, 6.45) is 0.888. The third kappa shape index (κ3) is 3.39. The zero-order valence-corrected chi connectivity index (χ0v) is 7.36. The van der Waals surface area contributed by atoms with Crippen molar-refractivity contribution in [2.45, 2.75) is 25.8 Å². The van der Waals surface area contributed by atoms with Crippen LogP contribution in [0.3, 0.4) is 0 Å². The monoisotopic (exact) mass is 190 g/mol. The molecule has 0 radical (unpaired) electrons. The highest BCUT2D eigenvalue weighted by molar-refractivity contribution is 5.82. The Morgan fingerprint density at radius 3 is 2.15 bits per heavy atom. The molecule has 0 saturated heterocycles. The first kappa shape index (κ1) is 11.9. The number of carboxylic acids is 2. The highest BCUT2D eigenvalue weighted by Crippen LogP contribution is 2.11. The fourth-order valence-corrected chi connectivity index (χ4v) is 1.10. The summed E-state index contributed by atoms with van der Waals surface area (Å²) in [4.78, 5) is 21.2. The second-order valence-corrected chi connectivity index (χ2v) is 2.72. The van der Waals surface area contributed by atoms with Crippen molar-refractivity contribution in [3.63, 3.8) is 0 Å². The molecule has 0 aliphatic rings. The van der Waals surface area contributed by atoms with E-state index in [-0.39, 0.29) is 6.42 Å². The van der Waals surface area contributed by atoms with Gasteiger partial charge in [0.15, 0.2) is 0 Å².